The zero-order valence-electron chi connectivity index (χ0n) is 16.2. The van der Waals surface area contributed by atoms with Crippen molar-refractivity contribution in [3.63, 3.8) is 0 Å². The van der Waals surface area contributed by atoms with E-state index in [1.165, 1.54) is 5.56 Å². The molecule has 0 atom stereocenters. The normalized spacial score (nSPS) is 12.9. The van der Waals surface area contributed by atoms with Crippen molar-refractivity contribution < 1.29 is 14.3 Å². The quantitative estimate of drug-likeness (QED) is 0.623. The smallest absolute Gasteiger partial charge is 0.310 e. The van der Waals surface area contributed by atoms with E-state index >= 15 is 0 Å². The van der Waals surface area contributed by atoms with Gasteiger partial charge in [-0.25, -0.2) is 0 Å². The predicted molar refractivity (Wildman–Crippen MR) is 112 cm³/mol. The van der Waals surface area contributed by atoms with Crippen LogP contribution in [0, 0.1) is 0 Å². The van der Waals surface area contributed by atoms with Gasteiger partial charge in [0.1, 0.15) is 0 Å². The van der Waals surface area contributed by atoms with Crippen molar-refractivity contribution in [1.29, 1.82) is 0 Å². The second-order valence-electron chi connectivity index (χ2n) is 7.23. The monoisotopic (exact) mass is 385 g/mol. The van der Waals surface area contributed by atoms with Crippen LogP contribution in [-0.4, -0.2) is 29.9 Å². The number of fused-ring (bicyclic) bond motifs is 1. The number of hydrogen-bond donors (Lipinski definition) is 0. The van der Waals surface area contributed by atoms with Gasteiger partial charge in [0, 0.05) is 13.1 Å². The molecule has 1 amide bonds. The fourth-order valence-corrected chi connectivity index (χ4v) is 3.61. The van der Waals surface area contributed by atoms with E-state index in [4.69, 9.17) is 4.74 Å². The molecular weight excluding hydrogens is 362 g/mol. The Morgan fingerprint density at radius 3 is 2.21 bits per heavy atom. The van der Waals surface area contributed by atoms with Crippen LogP contribution in [0.4, 0.5) is 0 Å². The fourth-order valence-electron chi connectivity index (χ4n) is 3.61. The number of amides is 1. The molecule has 0 unspecified atom stereocenters. The SMILES string of the molecule is O=C(Cc1ccc(-c2ccccc2)cc1)OCC(=O)N1CCc2ccccc2C1. The number of ether oxygens (including phenoxy) is 1. The highest BCUT2D eigenvalue weighted by Crippen LogP contribution is 2.20. The summed E-state index contributed by atoms with van der Waals surface area (Å²) in [5, 5.41) is 0. The summed E-state index contributed by atoms with van der Waals surface area (Å²) < 4.78 is 5.23. The van der Waals surface area contributed by atoms with Gasteiger partial charge in [-0.1, -0.05) is 78.9 Å². The molecule has 1 aliphatic rings. The van der Waals surface area contributed by atoms with Gasteiger partial charge in [0.05, 0.1) is 6.42 Å². The molecule has 3 aromatic rings. The highest BCUT2D eigenvalue weighted by molar-refractivity contribution is 5.81. The summed E-state index contributed by atoms with van der Waals surface area (Å²) >= 11 is 0. The number of rotatable bonds is 5. The Morgan fingerprint density at radius 2 is 1.45 bits per heavy atom. The summed E-state index contributed by atoms with van der Waals surface area (Å²) in [5.41, 5.74) is 5.55. The van der Waals surface area contributed by atoms with Gasteiger partial charge in [0.25, 0.3) is 5.91 Å². The topological polar surface area (TPSA) is 46.6 Å². The van der Waals surface area contributed by atoms with Crippen molar-refractivity contribution in [3.05, 3.63) is 95.6 Å². The van der Waals surface area contributed by atoms with Crippen LogP contribution >= 0.6 is 0 Å². The summed E-state index contributed by atoms with van der Waals surface area (Å²) in [4.78, 5) is 26.3. The molecule has 0 bridgehead atoms. The van der Waals surface area contributed by atoms with Crippen LogP contribution in [0.2, 0.25) is 0 Å². The maximum Gasteiger partial charge on any atom is 0.310 e. The largest absolute Gasteiger partial charge is 0.455 e. The maximum atomic E-state index is 12.4. The van der Waals surface area contributed by atoms with E-state index in [9.17, 15) is 9.59 Å². The molecule has 4 rings (SSSR count). The number of hydrogen-bond acceptors (Lipinski definition) is 3. The molecule has 4 heteroatoms. The van der Waals surface area contributed by atoms with Crippen LogP contribution in [-0.2, 0) is 33.7 Å². The van der Waals surface area contributed by atoms with Crippen molar-refractivity contribution in [2.45, 2.75) is 19.4 Å². The molecule has 0 saturated carbocycles. The first-order chi connectivity index (χ1) is 14.2. The van der Waals surface area contributed by atoms with E-state index < -0.39 is 0 Å². The molecule has 0 saturated heterocycles. The van der Waals surface area contributed by atoms with Crippen molar-refractivity contribution in [1.82, 2.24) is 4.90 Å². The Labute approximate surface area is 170 Å². The van der Waals surface area contributed by atoms with Crippen molar-refractivity contribution in [2.24, 2.45) is 0 Å². The van der Waals surface area contributed by atoms with E-state index in [0.717, 1.165) is 28.7 Å². The molecule has 0 aliphatic carbocycles. The summed E-state index contributed by atoms with van der Waals surface area (Å²) in [6, 6.07) is 26.1. The zero-order chi connectivity index (χ0) is 20.1. The third-order valence-corrected chi connectivity index (χ3v) is 5.25. The minimum atomic E-state index is -0.386. The highest BCUT2D eigenvalue weighted by Gasteiger charge is 2.21. The van der Waals surface area contributed by atoms with E-state index in [-0.39, 0.29) is 24.9 Å². The van der Waals surface area contributed by atoms with E-state index in [2.05, 4.69) is 6.07 Å². The lowest BCUT2D eigenvalue weighted by atomic mass is 10.00. The average Bonchev–Trinajstić information content (AvgIpc) is 2.78. The summed E-state index contributed by atoms with van der Waals surface area (Å²) in [6.07, 6.45) is 0.995. The molecule has 0 fully saturated rings. The van der Waals surface area contributed by atoms with E-state index in [1.54, 1.807) is 4.90 Å². The van der Waals surface area contributed by atoms with Gasteiger partial charge in [0.15, 0.2) is 6.61 Å². The average molecular weight is 385 g/mol. The number of nitrogens with zero attached hydrogens (tertiary/aromatic N) is 1. The van der Waals surface area contributed by atoms with Gasteiger partial charge in [-0.15, -0.1) is 0 Å². The van der Waals surface area contributed by atoms with Gasteiger partial charge in [-0.3, -0.25) is 9.59 Å². The third-order valence-electron chi connectivity index (χ3n) is 5.25. The molecule has 1 aliphatic heterocycles. The Morgan fingerprint density at radius 1 is 0.793 bits per heavy atom. The fraction of sp³-hybridized carbons (Fsp3) is 0.200. The van der Waals surface area contributed by atoms with Crippen molar-refractivity contribution in [2.75, 3.05) is 13.2 Å². The molecule has 0 N–H and O–H groups in total. The summed E-state index contributed by atoms with van der Waals surface area (Å²) in [6.45, 7) is 1.03. The van der Waals surface area contributed by atoms with E-state index in [1.807, 2.05) is 72.8 Å². The molecule has 29 heavy (non-hydrogen) atoms. The lowest BCUT2D eigenvalue weighted by Crippen LogP contribution is -2.38. The molecule has 1 heterocycles. The second kappa shape index (κ2) is 8.74. The molecule has 3 aromatic carbocycles. The molecular formula is C25H23NO3. The standard InChI is InChI=1S/C25H23NO3/c27-24(26-15-14-21-8-4-5-9-23(21)17-26)18-29-25(28)16-19-10-12-22(13-11-19)20-6-2-1-3-7-20/h1-13H,14-18H2. The number of esters is 1. The molecule has 0 aromatic heterocycles. The van der Waals surface area contributed by atoms with Crippen LogP contribution in [0.3, 0.4) is 0 Å². The van der Waals surface area contributed by atoms with Crippen LogP contribution < -0.4 is 0 Å². The lowest BCUT2D eigenvalue weighted by molar-refractivity contribution is -0.151. The highest BCUT2D eigenvalue weighted by atomic mass is 16.5. The van der Waals surface area contributed by atoms with Crippen LogP contribution in [0.15, 0.2) is 78.9 Å². The Balaban J connectivity index is 1.27. The first-order valence-electron chi connectivity index (χ1n) is 9.83. The summed E-state index contributed by atoms with van der Waals surface area (Å²) in [5.74, 6) is -0.532. The third kappa shape index (κ3) is 4.72. The van der Waals surface area contributed by atoms with Crippen LogP contribution in [0.1, 0.15) is 16.7 Å². The van der Waals surface area contributed by atoms with Gasteiger partial charge in [-0.05, 0) is 34.2 Å². The second-order valence-corrected chi connectivity index (χ2v) is 7.23. The zero-order valence-corrected chi connectivity index (χ0v) is 16.2. The van der Waals surface area contributed by atoms with Gasteiger partial charge < -0.3 is 9.64 Å². The Hall–Kier alpha value is -3.40. The number of carbonyl (C=O) groups is 2. The van der Waals surface area contributed by atoms with Gasteiger partial charge in [0.2, 0.25) is 0 Å². The molecule has 0 spiro atoms. The Kier molecular flexibility index (Phi) is 5.71. The maximum absolute atomic E-state index is 12.4. The first-order valence-corrected chi connectivity index (χ1v) is 9.83. The number of benzene rings is 3. The van der Waals surface area contributed by atoms with Crippen molar-refractivity contribution in [3.8, 4) is 11.1 Å². The minimum Gasteiger partial charge on any atom is -0.455 e. The van der Waals surface area contributed by atoms with Gasteiger partial charge in [-0.2, -0.15) is 0 Å². The van der Waals surface area contributed by atoms with E-state index in [0.29, 0.717) is 13.1 Å². The number of carbonyl (C=O) groups excluding carboxylic acids is 2. The molecule has 0 radical (unpaired) electrons. The first kappa shape index (κ1) is 18.9. The van der Waals surface area contributed by atoms with Crippen LogP contribution in [0.25, 0.3) is 11.1 Å². The Bertz CT molecular complexity index is 996. The molecule has 4 nitrogen and oxygen atoms in total. The minimum absolute atomic E-state index is 0.146. The molecule has 146 valence electrons. The predicted octanol–water partition coefficient (Wildman–Crippen LogP) is 4.02. The summed E-state index contributed by atoms with van der Waals surface area (Å²) in [7, 11) is 0. The van der Waals surface area contributed by atoms with Gasteiger partial charge >= 0.3 is 5.97 Å². The van der Waals surface area contributed by atoms with Crippen LogP contribution in [0.5, 0.6) is 0 Å². The van der Waals surface area contributed by atoms with Crippen molar-refractivity contribution >= 4 is 11.9 Å². The lowest BCUT2D eigenvalue weighted by Gasteiger charge is -2.28.